The van der Waals surface area contributed by atoms with Crippen molar-refractivity contribution in [3.63, 3.8) is 0 Å². The van der Waals surface area contributed by atoms with Gasteiger partial charge >= 0.3 is 0 Å². The smallest absolute Gasteiger partial charge is 0.287 e. The summed E-state index contributed by atoms with van der Waals surface area (Å²) in [5, 5.41) is 2.07. The summed E-state index contributed by atoms with van der Waals surface area (Å²) in [6.07, 6.45) is 6.73. The van der Waals surface area contributed by atoms with E-state index >= 15 is 0 Å². The van der Waals surface area contributed by atoms with Crippen LogP contribution in [0.25, 0.3) is 64.4 Å². The number of nitrogens with zero attached hydrogens (tertiary/aromatic N) is 6. The fourth-order valence-corrected chi connectivity index (χ4v) is 9.68. The zero-order valence-electron chi connectivity index (χ0n) is 30.9. The quantitative estimate of drug-likeness (QED) is 0.113. The first-order chi connectivity index (χ1) is 27.2. The van der Waals surface area contributed by atoms with Gasteiger partial charge in [0.15, 0.2) is 11.0 Å². The van der Waals surface area contributed by atoms with Crippen LogP contribution in [0.1, 0.15) is 19.7 Å². The van der Waals surface area contributed by atoms with E-state index in [1.807, 2.05) is 0 Å². The second-order valence-corrected chi connectivity index (χ2v) is 15.5. The van der Waals surface area contributed by atoms with Gasteiger partial charge in [0, 0.05) is 29.4 Å². The summed E-state index contributed by atoms with van der Waals surface area (Å²) in [4.78, 5) is 14.8. The van der Waals surface area contributed by atoms with Gasteiger partial charge in [0.25, 0.3) is 5.82 Å². The average molecular weight is 877 g/mol. The summed E-state index contributed by atoms with van der Waals surface area (Å²) in [5.74, 6) is 2.20. The van der Waals surface area contributed by atoms with Gasteiger partial charge in [0.2, 0.25) is 0 Å². The number of aromatic nitrogens is 4. The number of rotatable bonds is 8. The molecule has 9 heteroatoms. The molecule has 6 nitrogen and oxygen atoms in total. The largest absolute Gasteiger partial charge is 1.00 e. The fourth-order valence-electron chi connectivity index (χ4n) is 7.76. The molecule has 0 unspecified atom stereocenters. The molecule has 0 saturated heterocycles. The third kappa shape index (κ3) is 6.20. The highest BCUT2D eigenvalue weighted by Crippen LogP contribution is 2.48. The number of imidazole rings is 1. The first-order valence-electron chi connectivity index (χ1n) is 18.7. The van der Waals surface area contributed by atoms with Crippen molar-refractivity contribution in [2.24, 2.45) is 0 Å². The van der Waals surface area contributed by atoms with Crippen molar-refractivity contribution in [2.45, 2.75) is 20.4 Å². The van der Waals surface area contributed by atoms with Crippen molar-refractivity contribution in [1.29, 1.82) is 0 Å². The van der Waals surface area contributed by atoms with Gasteiger partial charge in [0.05, 0.1) is 38.4 Å². The van der Waals surface area contributed by atoms with Gasteiger partial charge in [-0.25, -0.2) is 14.5 Å². The Balaban J connectivity index is 0.00000410. The van der Waals surface area contributed by atoms with E-state index in [0.717, 1.165) is 79.5 Å². The van der Waals surface area contributed by atoms with Gasteiger partial charge in [0.1, 0.15) is 21.5 Å². The Bertz CT molecular complexity index is 2860. The first-order valence-corrected chi connectivity index (χ1v) is 20.3. The molecule has 1 aliphatic heterocycles. The van der Waals surface area contributed by atoms with E-state index in [4.69, 9.17) is 9.97 Å². The maximum atomic E-state index is 4.99. The monoisotopic (exact) mass is 876 g/mol. The lowest BCUT2D eigenvalue weighted by atomic mass is 10.1. The maximum absolute atomic E-state index is 4.99. The summed E-state index contributed by atoms with van der Waals surface area (Å²) in [5.41, 5.74) is 11.2. The Morgan fingerprint density at radius 3 is 1.84 bits per heavy atom. The molecule has 0 atom stereocenters. The van der Waals surface area contributed by atoms with Gasteiger partial charge in [-0.15, -0.1) is 22.7 Å². The number of anilines is 3. The minimum absolute atomic E-state index is 0. The van der Waals surface area contributed by atoms with Crippen molar-refractivity contribution in [3.05, 3.63) is 169 Å². The van der Waals surface area contributed by atoms with E-state index in [1.54, 1.807) is 22.7 Å². The van der Waals surface area contributed by atoms with Crippen LogP contribution in [0.3, 0.4) is 0 Å². The number of aryl methyl sites for hydroxylation is 1. The number of benzene rings is 6. The number of thiazole rings is 2. The van der Waals surface area contributed by atoms with Gasteiger partial charge in [-0.05, 0) is 105 Å². The highest BCUT2D eigenvalue weighted by Gasteiger charge is 2.32. The number of allylic oxidation sites excluding steroid dienone is 2. The molecule has 56 heavy (non-hydrogen) atoms. The SMILES string of the molecule is CCN1C(=CC=Cc2n(-c3ccccc3)c3ccc(-c4nc5ccccc5s4)cc3[n+]2CC)N(c2ccccc2)c2ccc(-c3nc4ccccc4s3)cc21.[I-]. The lowest BCUT2D eigenvalue weighted by Crippen LogP contribution is -3.00. The van der Waals surface area contributed by atoms with E-state index in [-0.39, 0.29) is 24.0 Å². The molecule has 274 valence electrons. The Labute approximate surface area is 351 Å². The predicted molar refractivity (Wildman–Crippen MR) is 232 cm³/mol. The van der Waals surface area contributed by atoms with Crippen LogP contribution in [0.2, 0.25) is 0 Å². The highest BCUT2D eigenvalue weighted by molar-refractivity contribution is 7.22. The number of hydrogen-bond donors (Lipinski definition) is 0. The van der Waals surface area contributed by atoms with Crippen molar-refractivity contribution in [2.75, 3.05) is 16.3 Å². The number of fused-ring (bicyclic) bond motifs is 4. The van der Waals surface area contributed by atoms with Crippen molar-refractivity contribution in [3.8, 4) is 26.8 Å². The van der Waals surface area contributed by atoms with Crippen LogP contribution < -0.4 is 38.3 Å². The van der Waals surface area contributed by atoms with Gasteiger partial charge in [-0.2, -0.15) is 4.57 Å². The van der Waals surface area contributed by atoms with Crippen LogP contribution in [0.4, 0.5) is 17.1 Å². The third-order valence-electron chi connectivity index (χ3n) is 10.3. The van der Waals surface area contributed by atoms with Crippen LogP contribution in [0.5, 0.6) is 0 Å². The molecule has 0 N–H and O–H groups in total. The van der Waals surface area contributed by atoms with Gasteiger partial charge in [-0.3, -0.25) is 4.90 Å². The molecule has 0 bridgehead atoms. The third-order valence-corrected chi connectivity index (χ3v) is 12.4. The molecular formula is C47H37IN6S2. The molecule has 0 aliphatic carbocycles. The number of halogens is 1. The predicted octanol–water partition coefficient (Wildman–Crippen LogP) is 9.03. The highest BCUT2D eigenvalue weighted by atomic mass is 127. The summed E-state index contributed by atoms with van der Waals surface area (Å²) < 4.78 is 7.18. The second-order valence-electron chi connectivity index (χ2n) is 13.5. The Hall–Kier alpha value is -5.62. The van der Waals surface area contributed by atoms with Crippen LogP contribution in [0, 0.1) is 0 Å². The van der Waals surface area contributed by atoms with E-state index in [2.05, 4.69) is 197 Å². The zero-order valence-corrected chi connectivity index (χ0v) is 34.7. The van der Waals surface area contributed by atoms with E-state index in [0.29, 0.717) is 0 Å². The molecule has 10 rings (SSSR count). The van der Waals surface area contributed by atoms with Gasteiger partial charge in [-0.1, -0.05) is 66.7 Å². The standard InChI is InChI=1S/C47H37N6S2.HI/c1-3-50-40-30-32(46-48-36-20-11-13-22-42(36)54-46)26-28-38(40)52(34-16-7-5-8-17-34)44(50)24-15-25-45-51(4-2)41-31-33(47-49-37-21-12-14-23-43(37)55-47)27-29-39(41)53(45)35-18-9-6-10-19-35;/h5-31H,3-4H2,1-2H3;1H/q+1;/p-1. The Morgan fingerprint density at radius 2 is 1.21 bits per heavy atom. The first kappa shape index (κ1) is 36.0. The fraction of sp³-hybridized carbons (Fsp3) is 0.0851. The number of para-hydroxylation sites is 4. The minimum atomic E-state index is 0. The zero-order chi connectivity index (χ0) is 36.9. The minimum Gasteiger partial charge on any atom is -1.00 e. The normalized spacial score (nSPS) is 13.4. The molecule has 3 aromatic heterocycles. The molecule has 0 radical (unpaired) electrons. The lowest BCUT2D eigenvalue weighted by Gasteiger charge is -2.24. The van der Waals surface area contributed by atoms with Crippen molar-refractivity contribution in [1.82, 2.24) is 14.5 Å². The molecular weight excluding hydrogens is 840 g/mol. The molecule has 9 aromatic rings. The van der Waals surface area contributed by atoms with E-state index in [9.17, 15) is 0 Å². The molecule has 6 aromatic carbocycles. The van der Waals surface area contributed by atoms with Crippen LogP contribution in [-0.4, -0.2) is 21.1 Å². The molecule has 4 heterocycles. The summed E-state index contributed by atoms with van der Waals surface area (Å²) in [6.45, 7) is 6.07. The van der Waals surface area contributed by atoms with Crippen LogP contribution in [-0.2, 0) is 6.54 Å². The average Bonchev–Trinajstić information content (AvgIpc) is 4.01. The Morgan fingerprint density at radius 1 is 0.625 bits per heavy atom. The number of hydrogen-bond acceptors (Lipinski definition) is 6. The summed E-state index contributed by atoms with van der Waals surface area (Å²) >= 11 is 3.48. The topological polar surface area (TPSA) is 41.1 Å². The summed E-state index contributed by atoms with van der Waals surface area (Å²) in [7, 11) is 0. The molecule has 1 aliphatic rings. The van der Waals surface area contributed by atoms with Crippen LogP contribution >= 0.6 is 22.7 Å². The molecule has 0 spiro atoms. The molecule has 0 fully saturated rings. The van der Waals surface area contributed by atoms with Crippen molar-refractivity contribution < 1.29 is 28.5 Å². The Kier molecular flexibility index (Phi) is 9.74. The molecule has 0 saturated carbocycles. The summed E-state index contributed by atoms with van der Waals surface area (Å²) in [6, 6.07) is 51.6. The van der Waals surface area contributed by atoms with Crippen molar-refractivity contribution >= 4 is 77.3 Å². The second kappa shape index (κ2) is 15.1. The van der Waals surface area contributed by atoms with E-state index < -0.39 is 0 Å². The maximum Gasteiger partial charge on any atom is 0.287 e. The molecule has 0 amide bonds. The van der Waals surface area contributed by atoms with Gasteiger partial charge < -0.3 is 28.9 Å². The van der Waals surface area contributed by atoms with Crippen LogP contribution in [0.15, 0.2) is 164 Å². The van der Waals surface area contributed by atoms with E-state index in [1.165, 1.54) is 20.6 Å². The lowest BCUT2D eigenvalue weighted by molar-refractivity contribution is -0.670.